The summed E-state index contributed by atoms with van der Waals surface area (Å²) in [6, 6.07) is 20.4. The van der Waals surface area contributed by atoms with Gasteiger partial charge in [0.15, 0.2) is 0 Å². The van der Waals surface area contributed by atoms with Crippen LogP contribution in [0, 0.1) is 6.92 Å². The van der Waals surface area contributed by atoms with Crippen LogP contribution >= 0.6 is 0 Å². The SMILES string of the molecule is Cc1ccc2ncn(-c3cc(-c4ccoc4)nc(NCCc4ccccc4)n3)c2c1. The minimum atomic E-state index is 0.578. The molecule has 0 saturated heterocycles. The van der Waals surface area contributed by atoms with Crippen molar-refractivity contribution in [2.45, 2.75) is 13.3 Å². The van der Waals surface area contributed by atoms with E-state index in [0.29, 0.717) is 5.95 Å². The van der Waals surface area contributed by atoms with E-state index in [1.807, 2.05) is 28.8 Å². The minimum Gasteiger partial charge on any atom is -0.472 e. The molecule has 0 spiro atoms. The topological polar surface area (TPSA) is 68.8 Å². The summed E-state index contributed by atoms with van der Waals surface area (Å²) in [4.78, 5) is 14.0. The number of imidazole rings is 1. The first-order chi connectivity index (χ1) is 14.8. The molecule has 0 aliphatic rings. The van der Waals surface area contributed by atoms with Crippen LogP contribution < -0.4 is 5.32 Å². The fourth-order valence-electron chi connectivity index (χ4n) is 3.46. The third-order valence-corrected chi connectivity index (χ3v) is 5.02. The van der Waals surface area contributed by atoms with Gasteiger partial charge in [0.2, 0.25) is 5.95 Å². The van der Waals surface area contributed by atoms with Gasteiger partial charge in [-0.1, -0.05) is 36.4 Å². The number of rotatable bonds is 6. The molecule has 5 rings (SSSR count). The van der Waals surface area contributed by atoms with Crippen molar-refractivity contribution in [3.05, 3.63) is 90.6 Å². The number of hydrogen-bond donors (Lipinski definition) is 1. The van der Waals surface area contributed by atoms with Crippen molar-refractivity contribution >= 4 is 17.0 Å². The Hall–Kier alpha value is -3.93. The average Bonchev–Trinajstić information content (AvgIpc) is 3.44. The van der Waals surface area contributed by atoms with Gasteiger partial charge < -0.3 is 9.73 Å². The second-order valence-electron chi connectivity index (χ2n) is 7.22. The van der Waals surface area contributed by atoms with Crippen LogP contribution in [0.3, 0.4) is 0 Å². The number of fused-ring (bicyclic) bond motifs is 1. The zero-order valence-corrected chi connectivity index (χ0v) is 16.6. The Morgan fingerprint density at radius 3 is 2.73 bits per heavy atom. The maximum absolute atomic E-state index is 5.26. The van der Waals surface area contributed by atoms with Crippen molar-refractivity contribution < 1.29 is 4.42 Å². The Morgan fingerprint density at radius 1 is 1.00 bits per heavy atom. The largest absolute Gasteiger partial charge is 0.472 e. The first kappa shape index (κ1) is 18.1. The Bertz CT molecular complexity index is 1280. The lowest BCUT2D eigenvalue weighted by Gasteiger charge is -2.11. The molecule has 0 aliphatic heterocycles. The Kier molecular flexibility index (Phi) is 4.73. The second-order valence-corrected chi connectivity index (χ2v) is 7.22. The van der Waals surface area contributed by atoms with Gasteiger partial charge in [-0.15, -0.1) is 0 Å². The van der Waals surface area contributed by atoms with Crippen LogP contribution in [0.1, 0.15) is 11.1 Å². The van der Waals surface area contributed by atoms with Crippen LogP contribution in [0.2, 0.25) is 0 Å². The fraction of sp³-hybridized carbons (Fsp3) is 0.125. The van der Waals surface area contributed by atoms with Crippen LogP contribution in [-0.4, -0.2) is 26.1 Å². The highest BCUT2D eigenvalue weighted by molar-refractivity contribution is 5.78. The molecule has 6 nitrogen and oxygen atoms in total. The highest BCUT2D eigenvalue weighted by Crippen LogP contribution is 2.24. The van der Waals surface area contributed by atoms with E-state index in [2.05, 4.69) is 53.6 Å². The molecule has 0 fully saturated rings. The molecule has 30 heavy (non-hydrogen) atoms. The number of nitrogens with one attached hydrogen (secondary N) is 1. The molecule has 0 bridgehead atoms. The molecular weight excluding hydrogens is 374 g/mol. The van der Waals surface area contributed by atoms with E-state index >= 15 is 0 Å². The van der Waals surface area contributed by atoms with E-state index in [0.717, 1.165) is 41.1 Å². The van der Waals surface area contributed by atoms with E-state index < -0.39 is 0 Å². The van der Waals surface area contributed by atoms with E-state index in [4.69, 9.17) is 14.4 Å². The molecule has 0 unspecified atom stereocenters. The number of nitrogens with zero attached hydrogens (tertiary/aromatic N) is 4. The normalized spacial score (nSPS) is 11.1. The van der Waals surface area contributed by atoms with Crippen LogP contribution in [0.5, 0.6) is 0 Å². The molecule has 2 aromatic carbocycles. The highest BCUT2D eigenvalue weighted by Gasteiger charge is 2.12. The smallest absolute Gasteiger partial charge is 0.225 e. The molecule has 6 heteroatoms. The predicted molar refractivity (Wildman–Crippen MR) is 118 cm³/mol. The lowest BCUT2D eigenvalue weighted by Crippen LogP contribution is -2.10. The number of aromatic nitrogens is 4. The first-order valence-corrected chi connectivity index (χ1v) is 9.90. The molecule has 0 aliphatic carbocycles. The van der Waals surface area contributed by atoms with Crippen molar-refractivity contribution in [1.29, 1.82) is 0 Å². The number of furan rings is 1. The van der Waals surface area contributed by atoms with E-state index in [1.165, 1.54) is 11.1 Å². The maximum Gasteiger partial charge on any atom is 0.225 e. The summed E-state index contributed by atoms with van der Waals surface area (Å²) in [7, 11) is 0. The number of anilines is 1. The van der Waals surface area contributed by atoms with Gasteiger partial charge in [-0.25, -0.2) is 9.97 Å². The van der Waals surface area contributed by atoms with Gasteiger partial charge in [0, 0.05) is 18.2 Å². The van der Waals surface area contributed by atoms with Crippen LogP contribution in [0.4, 0.5) is 5.95 Å². The highest BCUT2D eigenvalue weighted by atomic mass is 16.3. The Labute approximate surface area is 174 Å². The summed E-state index contributed by atoms with van der Waals surface area (Å²) < 4.78 is 7.26. The standard InChI is InChI=1S/C24H21N5O/c1-17-7-8-20-22(13-17)29(16-26-20)23-14-21(19-10-12-30-15-19)27-24(28-23)25-11-9-18-5-3-2-4-6-18/h2-8,10,12-16H,9,11H2,1H3,(H,25,27,28). The monoisotopic (exact) mass is 395 g/mol. The van der Waals surface area contributed by atoms with Crippen molar-refractivity contribution in [2.24, 2.45) is 0 Å². The van der Waals surface area contributed by atoms with Crippen molar-refractivity contribution in [3.63, 3.8) is 0 Å². The second kappa shape index (κ2) is 7.83. The molecule has 0 saturated carbocycles. The van der Waals surface area contributed by atoms with Gasteiger partial charge in [0.05, 0.1) is 29.3 Å². The summed E-state index contributed by atoms with van der Waals surface area (Å²) in [6.07, 6.45) is 6.04. The Morgan fingerprint density at radius 2 is 1.90 bits per heavy atom. The summed E-state index contributed by atoms with van der Waals surface area (Å²) in [5.74, 6) is 1.34. The molecule has 1 N–H and O–H groups in total. The molecule has 3 aromatic heterocycles. The van der Waals surface area contributed by atoms with E-state index in [-0.39, 0.29) is 0 Å². The van der Waals surface area contributed by atoms with Gasteiger partial charge in [0.1, 0.15) is 12.1 Å². The van der Waals surface area contributed by atoms with Gasteiger partial charge in [0.25, 0.3) is 0 Å². The summed E-state index contributed by atoms with van der Waals surface area (Å²) in [5, 5.41) is 3.37. The fourth-order valence-corrected chi connectivity index (χ4v) is 3.46. The van der Waals surface area contributed by atoms with Gasteiger partial charge in [-0.3, -0.25) is 4.57 Å². The molecule has 3 heterocycles. The Balaban J connectivity index is 1.51. The maximum atomic E-state index is 5.26. The number of aryl methyl sites for hydroxylation is 1. The predicted octanol–water partition coefficient (Wildman–Crippen LogP) is 5.04. The zero-order valence-electron chi connectivity index (χ0n) is 16.6. The summed E-state index contributed by atoms with van der Waals surface area (Å²) in [5.41, 5.74) is 6.10. The molecule has 0 radical (unpaired) electrons. The van der Waals surface area contributed by atoms with E-state index in [1.54, 1.807) is 18.9 Å². The van der Waals surface area contributed by atoms with E-state index in [9.17, 15) is 0 Å². The molecule has 5 aromatic rings. The van der Waals surface area contributed by atoms with Crippen LogP contribution in [0.25, 0.3) is 28.1 Å². The molecular formula is C24H21N5O. The summed E-state index contributed by atoms with van der Waals surface area (Å²) >= 11 is 0. The molecule has 0 atom stereocenters. The quantitative estimate of drug-likeness (QED) is 0.436. The average molecular weight is 395 g/mol. The van der Waals surface area contributed by atoms with Crippen LogP contribution in [0.15, 0.2) is 83.9 Å². The lowest BCUT2D eigenvalue weighted by molar-refractivity contribution is 0.568. The van der Waals surface area contributed by atoms with Gasteiger partial charge in [-0.05, 0) is 42.7 Å². The number of benzene rings is 2. The minimum absolute atomic E-state index is 0.578. The van der Waals surface area contributed by atoms with Crippen molar-refractivity contribution in [3.8, 4) is 17.1 Å². The number of hydrogen-bond acceptors (Lipinski definition) is 5. The zero-order chi connectivity index (χ0) is 20.3. The third-order valence-electron chi connectivity index (χ3n) is 5.02. The molecule has 0 amide bonds. The first-order valence-electron chi connectivity index (χ1n) is 9.90. The molecule has 148 valence electrons. The van der Waals surface area contributed by atoms with Crippen molar-refractivity contribution in [2.75, 3.05) is 11.9 Å². The van der Waals surface area contributed by atoms with Gasteiger partial charge in [-0.2, -0.15) is 4.98 Å². The van der Waals surface area contributed by atoms with Crippen molar-refractivity contribution in [1.82, 2.24) is 19.5 Å². The summed E-state index contributed by atoms with van der Waals surface area (Å²) in [6.45, 7) is 2.81. The third kappa shape index (κ3) is 3.67. The van der Waals surface area contributed by atoms with Gasteiger partial charge >= 0.3 is 0 Å². The lowest BCUT2D eigenvalue weighted by atomic mass is 10.1. The van der Waals surface area contributed by atoms with Crippen LogP contribution in [-0.2, 0) is 6.42 Å².